The third-order valence-corrected chi connectivity index (χ3v) is 2.06. The molecule has 0 amide bonds. The lowest BCUT2D eigenvalue weighted by molar-refractivity contribution is -0.391. The fraction of sp³-hybridized carbons (Fsp3) is 0.250. The molecule has 1 heterocycles. The molecule has 0 aliphatic carbocycles. The first-order valence-electron chi connectivity index (χ1n) is 4.45. The van der Waals surface area contributed by atoms with Crippen LogP contribution in [0.5, 0.6) is 5.75 Å². The van der Waals surface area contributed by atoms with Crippen LogP contribution in [0.1, 0.15) is 22.3 Å². The van der Waals surface area contributed by atoms with Gasteiger partial charge in [0.1, 0.15) is 5.56 Å². The van der Waals surface area contributed by atoms with Crippen LogP contribution in [0.15, 0.2) is 6.20 Å². The molecule has 0 spiro atoms. The summed E-state index contributed by atoms with van der Waals surface area (Å²) in [6, 6.07) is 0. The number of carbonyl (C=O) groups is 1. The Bertz CT molecular complexity index is 563. The Labute approximate surface area is 111 Å². The van der Waals surface area contributed by atoms with E-state index in [-0.39, 0.29) is 6.20 Å². The van der Waals surface area contributed by atoms with Gasteiger partial charge in [0, 0.05) is 0 Å². The lowest BCUT2D eigenvalue weighted by atomic mass is 10.1. The first-order chi connectivity index (χ1) is 9.04. The molecule has 1 rings (SSSR count). The fourth-order valence-electron chi connectivity index (χ4n) is 1.26. The van der Waals surface area contributed by atoms with Gasteiger partial charge in [-0.25, -0.2) is 8.78 Å². The van der Waals surface area contributed by atoms with Crippen LogP contribution in [0.25, 0.3) is 0 Å². The van der Waals surface area contributed by atoms with Crippen LogP contribution in [-0.4, -0.2) is 21.5 Å². The van der Waals surface area contributed by atoms with E-state index in [1.807, 2.05) is 0 Å². The zero-order valence-corrected chi connectivity index (χ0v) is 9.71. The first-order valence-corrected chi connectivity index (χ1v) is 4.83. The number of carbonyl (C=O) groups excluding carboxylic acids is 1. The minimum absolute atomic E-state index is 0.118. The topological polar surface area (TPSA) is 82.3 Å². The summed E-state index contributed by atoms with van der Waals surface area (Å²) in [5.41, 5.74) is -3.10. The maximum Gasteiger partial charge on any atom is 0.573 e. The summed E-state index contributed by atoms with van der Waals surface area (Å²) in [5.74, 6) is -2.93. The van der Waals surface area contributed by atoms with Gasteiger partial charge < -0.3 is 14.9 Å². The Morgan fingerprint density at radius 3 is 2.35 bits per heavy atom. The van der Waals surface area contributed by atoms with Crippen molar-refractivity contribution in [3.05, 3.63) is 27.4 Å². The maximum atomic E-state index is 12.7. The number of hydrogen-bond donors (Lipinski definition) is 0. The highest BCUT2D eigenvalue weighted by atomic mass is 35.5. The Morgan fingerprint density at radius 2 is 2.00 bits per heavy atom. The summed E-state index contributed by atoms with van der Waals surface area (Å²) < 4.78 is 64.9. The third-order valence-electron chi connectivity index (χ3n) is 1.87. The highest BCUT2D eigenvalue weighted by Crippen LogP contribution is 2.38. The standard InChI is InChI=1S/C8H2ClF5N2O4/c9-5(17)3-2(20-8(12,13)14)1-15-7(16(18)19)4(3)6(10)11/h1,6H. The van der Waals surface area contributed by atoms with E-state index >= 15 is 0 Å². The molecule has 1 aromatic heterocycles. The Morgan fingerprint density at radius 1 is 1.45 bits per heavy atom. The maximum absolute atomic E-state index is 12.7. The molecule has 0 saturated carbocycles. The van der Waals surface area contributed by atoms with Crippen LogP contribution in [0, 0.1) is 10.1 Å². The highest BCUT2D eigenvalue weighted by Gasteiger charge is 2.38. The van der Waals surface area contributed by atoms with Gasteiger partial charge in [0.2, 0.25) is 0 Å². The minimum Gasteiger partial charge on any atom is -0.401 e. The zero-order chi connectivity index (χ0) is 15.7. The summed E-state index contributed by atoms with van der Waals surface area (Å²) in [6.45, 7) is 0. The van der Waals surface area contributed by atoms with E-state index in [4.69, 9.17) is 11.6 Å². The van der Waals surface area contributed by atoms with Crippen molar-refractivity contribution in [2.24, 2.45) is 0 Å². The molecule has 0 unspecified atom stereocenters. The van der Waals surface area contributed by atoms with Gasteiger partial charge in [-0.1, -0.05) is 0 Å². The summed E-state index contributed by atoms with van der Waals surface area (Å²) in [6.07, 6.45) is -8.86. The molecule has 0 N–H and O–H groups in total. The molecule has 0 radical (unpaired) electrons. The molecule has 0 aromatic carbocycles. The number of hydrogen-bond acceptors (Lipinski definition) is 5. The number of pyridine rings is 1. The van der Waals surface area contributed by atoms with Gasteiger partial charge in [-0.15, -0.1) is 13.2 Å². The largest absolute Gasteiger partial charge is 0.573 e. The van der Waals surface area contributed by atoms with Gasteiger partial charge in [0.05, 0.1) is 5.56 Å². The van der Waals surface area contributed by atoms with Crippen molar-refractivity contribution in [2.45, 2.75) is 12.8 Å². The Hall–Kier alpha value is -2.04. The van der Waals surface area contributed by atoms with Crippen LogP contribution in [0.3, 0.4) is 0 Å². The second kappa shape index (κ2) is 5.53. The predicted molar refractivity (Wildman–Crippen MR) is 52.7 cm³/mol. The molecular formula is C8H2ClF5N2O4. The van der Waals surface area contributed by atoms with E-state index in [2.05, 4.69) is 9.72 Å². The second-order valence-electron chi connectivity index (χ2n) is 3.11. The van der Waals surface area contributed by atoms with Crippen molar-refractivity contribution in [3.63, 3.8) is 0 Å². The van der Waals surface area contributed by atoms with Crippen molar-refractivity contribution in [1.29, 1.82) is 0 Å². The van der Waals surface area contributed by atoms with Crippen LogP contribution < -0.4 is 4.74 Å². The Kier molecular flexibility index (Phi) is 4.43. The number of halogens is 6. The molecule has 0 saturated heterocycles. The van der Waals surface area contributed by atoms with E-state index in [0.717, 1.165) is 0 Å². The second-order valence-corrected chi connectivity index (χ2v) is 3.46. The molecule has 12 heteroatoms. The first kappa shape index (κ1) is 16.0. The third kappa shape index (κ3) is 3.50. The van der Waals surface area contributed by atoms with Crippen molar-refractivity contribution < 1.29 is 36.4 Å². The molecule has 0 atom stereocenters. The number of nitro groups is 1. The van der Waals surface area contributed by atoms with Crippen LogP contribution >= 0.6 is 11.6 Å². The monoisotopic (exact) mass is 320 g/mol. The number of ether oxygens (including phenoxy) is 1. The summed E-state index contributed by atoms with van der Waals surface area (Å²) in [4.78, 5) is 22.9. The van der Waals surface area contributed by atoms with Gasteiger partial charge in [0.15, 0.2) is 11.9 Å². The van der Waals surface area contributed by atoms with Crippen molar-refractivity contribution in [1.82, 2.24) is 4.98 Å². The number of alkyl halides is 5. The average Bonchev–Trinajstić information content (AvgIpc) is 2.24. The molecule has 0 bridgehead atoms. The zero-order valence-electron chi connectivity index (χ0n) is 8.95. The molecule has 6 nitrogen and oxygen atoms in total. The normalized spacial score (nSPS) is 11.6. The summed E-state index contributed by atoms with van der Waals surface area (Å²) in [5, 5.41) is 8.72. The van der Waals surface area contributed by atoms with Gasteiger partial charge in [-0.2, -0.15) is 0 Å². The lowest BCUT2D eigenvalue weighted by Gasteiger charge is -2.12. The van der Waals surface area contributed by atoms with Crippen LogP contribution in [0.2, 0.25) is 0 Å². The number of nitrogens with zero attached hydrogens (tertiary/aromatic N) is 2. The van der Waals surface area contributed by atoms with Crippen molar-refractivity contribution in [2.75, 3.05) is 0 Å². The molecule has 0 aliphatic rings. The summed E-state index contributed by atoms with van der Waals surface area (Å²) in [7, 11) is 0. The predicted octanol–water partition coefficient (Wildman–Crippen LogP) is 3.21. The molecule has 1 aromatic rings. The molecular weight excluding hydrogens is 319 g/mol. The van der Waals surface area contributed by atoms with E-state index in [9.17, 15) is 36.9 Å². The summed E-state index contributed by atoms with van der Waals surface area (Å²) >= 11 is 4.89. The van der Waals surface area contributed by atoms with E-state index < -0.39 is 45.6 Å². The van der Waals surface area contributed by atoms with Gasteiger partial charge in [-0.05, 0) is 21.5 Å². The SMILES string of the molecule is O=C(Cl)c1c(OC(F)(F)F)cnc([N+](=O)[O-])c1C(F)F. The average molecular weight is 321 g/mol. The fourth-order valence-corrected chi connectivity index (χ4v) is 1.45. The quantitative estimate of drug-likeness (QED) is 0.368. The number of aromatic nitrogens is 1. The Balaban J connectivity index is 3.61. The van der Waals surface area contributed by atoms with E-state index in [1.54, 1.807) is 0 Å². The van der Waals surface area contributed by atoms with Crippen LogP contribution in [0.4, 0.5) is 27.8 Å². The molecule has 0 fully saturated rings. The van der Waals surface area contributed by atoms with E-state index in [1.165, 1.54) is 0 Å². The van der Waals surface area contributed by atoms with Crippen molar-refractivity contribution >= 4 is 22.7 Å². The van der Waals surface area contributed by atoms with Gasteiger partial charge in [-0.3, -0.25) is 4.79 Å². The molecule has 0 aliphatic heterocycles. The molecule has 20 heavy (non-hydrogen) atoms. The van der Waals surface area contributed by atoms with E-state index in [0.29, 0.717) is 0 Å². The lowest BCUT2D eigenvalue weighted by Crippen LogP contribution is -2.20. The van der Waals surface area contributed by atoms with Crippen LogP contribution in [-0.2, 0) is 0 Å². The minimum atomic E-state index is -5.32. The highest BCUT2D eigenvalue weighted by molar-refractivity contribution is 6.68. The van der Waals surface area contributed by atoms with Gasteiger partial charge >= 0.3 is 12.2 Å². The molecule has 110 valence electrons. The van der Waals surface area contributed by atoms with Crippen molar-refractivity contribution in [3.8, 4) is 5.75 Å². The van der Waals surface area contributed by atoms with Gasteiger partial charge in [0.25, 0.3) is 11.7 Å². The smallest absolute Gasteiger partial charge is 0.401 e. The number of rotatable bonds is 4.